The Labute approximate surface area is 135 Å². The summed E-state index contributed by atoms with van der Waals surface area (Å²) >= 11 is 6.05. The molecule has 0 aliphatic rings. The van der Waals surface area contributed by atoms with Crippen molar-refractivity contribution < 1.29 is 9.00 Å². The molecule has 0 radical (unpaired) electrons. The van der Waals surface area contributed by atoms with E-state index in [1.54, 1.807) is 24.3 Å². The monoisotopic (exact) mass is 328 g/mol. The van der Waals surface area contributed by atoms with Crippen LogP contribution in [0, 0.1) is 0 Å². The molecule has 0 bridgehead atoms. The van der Waals surface area contributed by atoms with E-state index in [1.807, 2.05) is 6.07 Å². The predicted molar refractivity (Wildman–Crippen MR) is 90.1 cm³/mol. The van der Waals surface area contributed by atoms with E-state index in [9.17, 15) is 9.00 Å². The van der Waals surface area contributed by atoms with Gasteiger partial charge in [0.25, 0.3) is 0 Å². The summed E-state index contributed by atoms with van der Waals surface area (Å²) in [7, 11) is -1.45. The molecule has 0 aliphatic heterocycles. The second kappa shape index (κ2) is 11.0. The van der Waals surface area contributed by atoms with Crippen LogP contribution < -0.4 is 0 Å². The van der Waals surface area contributed by atoms with Crippen LogP contribution in [0.1, 0.15) is 58.3 Å². The molecule has 0 amide bonds. The van der Waals surface area contributed by atoms with Crippen LogP contribution in [0.4, 0.5) is 0 Å². The maximum absolute atomic E-state index is 12.2. The topological polar surface area (TPSA) is 34.1 Å². The Morgan fingerprint density at radius 2 is 1.62 bits per heavy atom. The van der Waals surface area contributed by atoms with E-state index in [0.717, 1.165) is 12.8 Å². The van der Waals surface area contributed by atoms with Gasteiger partial charge in [0.05, 0.1) is 10.8 Å². The highest BCUT2D eigenvalue weighted by molar-refractivity contribution is 7.88. The minimum atomic E-state index is -1.45. The first-order valence-electron chi connectivity index (χ1n) is 7.79. The lowest BCUT2D eigenvalue weighted by Crippen LogP contribution is -2.20. The molecular formula is C17H25ClO2S. The van der Waals surface area contributed by atoms with Crippen molar-refractivity contribution in [3.63, 3.8) is 0 Å². The number of alkyl halides is 1. The van der Waals surface area contributed by atoms with Crippen molar-refractivity contribution in [3.8, 4) is 0 Å². The number of rotatable bonds is 11. The van der Waals surface area contributed by atoms with Crippen LogP contribution in [0.25, 0.3) is 0 Å². The molecule has 1 aromatic rings. The van der Waals surface area contributed by atoms with Crippen molar-refractivity contribution in [2.45, 2.75) is 67.9 Å². The van der Waals surface area contributed by atoms with Gasteiger partial charge in [-0.15, -0.1) is 0 Å². The highest BCUT2D eigenvalue weighted by Gasteiger charge is 2.22. The van der Waals surface area contributed by atoms with Crippen LogP contribution in [0.3, 0.4) is 0 Å². The van der Waals surface area contributed by atoms with Crippen molar-refractivity contribution in [2.24, 2.45) is 0 Å². The number of unbranched alkanes of at least 4 members (excludes halogenated alkanes) is 6. The zero-order chi connectivity index (χ0) is 15.5. The Morgan fingerprint density at radius 1 is 1.05 bits per heavy atom. The van der Waals surface area contributed by atoms with Gasteiger partial charge in [-0.25, -0.2) is 0 Å². The minimum Gasteiger partial charge on any atom is -0.297 e. The van der Waals surface area contributed by atoms with Gasteiger partial charge < -0.3 is 0 Å². The summed E-state index contributed by atoms with van der Waals surface area (Å²) in [6, 6.07) is 8.94. The lowest BCUT2D eigenvalue weighted by atomic mass is 10.1. The number of Topliss-reactive ketones (excluding diaryl/α,β-unsaturated/α-hetero) is 1. The average molecular weight is 329 g/mol. The molecule has 0 saturated carbocycles. The lowest BCUT2D eigenvalue weighted by molar-refractivity contribution is -0.117. The summed E-state index contributed by atoms with van der Waals surface area (Å²) in [5.41, 5.74) is 0. The van der Waals surface area contributed by atoms with E-state index in [0.29, 0.717) is 11.3 Å². The van der Waals surface area contributed by atoms with E-state index in [-0.39, 0.29) is 5.78 Å². The van der Waals surface area contributed by atoms with Gasteiger partial charge in [-0.1, -0.05) is 75.2 Å². The Hall–Kier alpha value is -0.670. The molecule has 21 heavy (non-hydrogen) atoms. The Bertz CT molecular complexity index is 434. The van der Waals surface area contributed by atoms with Crippen molar-refractivity contribution in [2.75, 3.05) is 0 Å². The molecule has 118 valence electrons. The van der Waals surface area contributed by atoms with Gasteiger partial charge in [-0.05, 0) is 18.6 Å². The fourth-order valence-electron chi connectivity index (χ4n) is 2.16. The highest BCUT2D eigenvalue weighted by Crippen LogP contribution is 2.17. The van der Waals surface area contributed by atoms with Gasteiger partial charge >= 0.3 is 0 Å². The Morgan fingerprint density at radius 3 is 2.24 bits per heavy atom. The third-order valence-electron chi connectivity index (χ3n) is 3.44. The first-order valence-corrected chi connectivity index (χ1v) is 9.44. The summed E-state index contributed by atoms with van der Waals surface area (Å²) < 4.78 is 11.2. The average Bonchev–Trinajstić information content (AvgIpc) is 2.53. The van der Waals surface area contributed by atoms with Crippen LogP contribution in [0.15, 0.2) is 35.2 Å². The fraction of sp³-hybridized carbons (Fsp3) is 0.588. The zero-order valence-electron chi connectivity index (χ0n) is 12.7. The number of carbonyl (C=O) groups excluding carboxylic acids is 1. The molecule has 2 nitrogen and oxygen atoms in total. The van der Waals surface area contributed by atoms with E-state index < -0.39 is 15.5 Å². The van der Waals surface area contributed by atoms with Crippen LogP contribution in [0.2, 0.25) is 0 Å². The maximum Gasteiger partial charge on any atom is 0.171 e. The molecule has 1 rings (SSSR count). The van der Waals surface area contributed by atoms with Crippen LogP contribution >= 0.6 is 11.6 Å². The van der Waals surface area contributed by atoms with Gasteiger partial charge in [-0.2, -0.15) is 0 Å². The van der Waals surface area contributed by atoms with E-state index >= 15 is 0 Å². The zero-order valence-corrected chi connectivity index (χ0v) is 14.3. The quantitative estimate of drug-likeness (QED) is 0.420. The van der Waals surface area contributed by atoms with Crippen LogP contribution in [-0.4, -0.2) is 14.7 Å². The third-order valence-corrected chi connectivity index (χ3v) is 5.55. The first-order chi connectivity index (χ1) is 10.2. The normalized spacial score (nSPS) is 13.8. The van der Waals surface area contributed by atoms with Crippen molar-refractivity contribution >= 4 is 28.2 Å². The van der Waals surface area contributed by atoms with Crippen LogP contribution in [0.5, 0.6) is 0 Å². The smallest absolute Gasteiger partial charge is 0.171 e. The van der Waals surface area contributed by atoms with Gasteiger partial charge in [0, 0.05) is 11.3 Å². The molecule has 4 heteroatoms. The minimum absolute atomic E-state index is 0.104. The molecule has 0 aliphatic carbocycles. The van der Waals surface area contributed by atoms with Crippen molar-refractivity contribution in [1.82, 2.24) is 0 Å². The van der Waals surface area contributed by atoms with E-state index in [4.69, 9.17) is 11.6 Å². The second-order valence-corrected chi connectivity index (χ2v) is 7.50. The molecule has 2 atom stereocenters. The predicted octanol–water partition coefficient (Wildman–Crippen LogP) is 5.07. The molecule has 0 spiro atoms. The number of halogens is 1. The number of hydrogen-bond donors (Lipinski definition) is 0. The SMILES string of the molecule is CCCCCCCCCC(=O)C(Cl)S(=O)c1ccccc1. The van der Waals surface area contributed by atoms with Gasteiger partial charge in [-0.3, -0.25) is 9.00 Å². The van der Waals surface area contributed by atoms with Crippen molar-refractivity contribution in [3.05, 3.63) is 30.3 Å². The van der Waals surface area contributed by atoms with E-state index in [2.05, 4.69) is 6.92 Å². The largest absolute Gasteiger partial charge is 0.297 e. The van der Waals surface area contributed by atoms with Gasteiger partial charge in [0.15, 0.2) is 10.5 Å². The number of ketones is 1. The fourth-order valence-corrected chi connectivity index (χ4v) is 3.60. The summed E-state index contributed by atoms with van der Waals surface area (Å²) in [5, 5.41) is 0. The standard InChI is InChI=1S/C17H25ClO2S/c1-2-3-4-5-6-7-11-14-16(19)17(18)21(20)15-12-9-8-10-13-15/h8-10,12-13,17H,2-7,11,14H2,1H3. The summed E-state index contributed by atoms with van der Waals surface area (Å²) in [4.78, 5) is 12.6. The molecule has 0 heterocycles. The maximum atomic E-state index is 12.2. The summed E-state index contributed by atoms with van der Waals surface area (Å²) in [6.45, 7) is 2.20. The molecule has 2 unspecified atom stereocenters. The molecule has 1 aromatic carbocycles. The molecular weight excluding hydrogens is 304 g/mol. The van der Waals surface area contributed by atoms with Crippen LogP contribution in [-0.2, 0) is 15.6 Å². The van der Waals surface area contributed by atoms with Gasteiger partial charge in [0.1, 0.15) is 0 Å². The molecule has 0 aromatic heterocycles. The molecule has 0 N–H and O–H groups in total. The number of benzene rings is 1. The number of carbonyl (C=O) groups is 1. The third kappa shape index (κ3) is 7.23. The van der Waals surface area contributed by atoms with Gasteiger partial charge in [0.2, 0.25) is 0 Å². The number of hydrogen-bond acceptors (Lipinski definition) is 2. The summed E-state index contributed by atoms with van der Waals surface area (Å²) in [6.07, 6.45) is 8.55. The Kier molecular flexibility index (Phi) is 9.60. The Balaban J connectivity index is 2.24. The van der Waals surface area contributed by atoms with Crippen molar-refractivity contribution in [1.29, 1.82) is 0 Å². The summed E-state index contributed by atoms with van der Waals surface area (Å²) in [5.74, 6) is -0.104. The second-order valence-electron chi connectivity index (χ2n) is 5.26. The lowest BCUT2D eigenvalue weighted by Gasteiger charge is -2.08. The highest BCUT2D eigenvalue weighted by atomic mass is 35.5. The molecule has 0 saturated heterocycles. The molecule has 0 fully saturated rings. The van der Waals surface area contributed by atoms with E-state index in [1.165, 1.54) is 32.1 Å². The first kappa shape index (κ1) is 18.4.